The molecule has 2 aromatic carbocycles. The van der Waals surface area contributed by atoms with Crippen molar-refractivity contribution in [3.05, 3.63) is 71.8 Å². The number of carbonyl (C=O) groups excluding carboxylic acids is 1. The summed E-state index contributed by atoms with van der Waals surface area (Å²) >= 11 is 0. The summed E-state index contributed by atoms with van der Waals surface area (Å²) in [5, 5.41) is 0. The maximum Gasteiger partial charge on any atom is 0.276 e. The Labute approximate surface area is 94.3 Å². The molecule has 0 unspecified atom stereocenters. The summed E-state index contributed by atoms with van der Waals surface area (Å²) in [6.07, 6.45) is 1.58. The van der Waals surface area contributed by atoms with Crippen molar-refractivity contribution >= 4 is 12.1 Å². The predicted molar refractivity (Wildman–Crippen MR) is 64.8 cm³/mol. The standard InChI is InChI=1S/C14H11NO/c16-14(13-9-5-2-6-10-13)15-11-12-7-3-1-4-8-12/h1-11H/b15-11+. The van der Waals surface area contributed by atoms with Crippen molar-refractivity contribution < 1.29 is 4.79 Å². The van der Waals surface area contributed by atoms with E-state index in [1.165, 1.54) is 0 Å². The molecule has 0 bridgehead atoms. The second-order valence-corrected chi connectivity index (χ2v) is 3.34. The highest BCUT2D eigenvalue weighted by atomic mass is 16.1. The number of aliphatic imine (C=N–C) groups is 1. The van der Waals surface area contributed by atoms with E-state index in [1.807, 2.05) is 48.5 Å². The van der Waals surface area contributed by atoms with E-state index in [4.69, 9.17) is 0 Å². The Balaban J connectivity index is 2.12. The molecule has 0 aliphatic rings. The molecule has 0 atom stereocenters. The highest BCUT2D eigenvalue weighted by molar-refractivity contribution is 6.01. The molecule has 0 saturated heterocycles. The lowest BCUT2D eigenvalue weighted by molar-refractivity contribution is 0.100. The number of rotatable bonds is 2. The van der Waals surface area contributed by atoms with E-state index in [-0.39, 0.29) is 5.91 Å². The van der Waals surface area contributed by atoms with Gasteiger partial charge in [0.05, 0.1) is 0 Å². The zero-order valence-corrected chi connectivity index (χ0v) is 8.71. The SMILES string of the molecule is O=C(/N=C/c1ccccc1)c1ccccc1. The number of carbonyl (C=O) groups is 1. The van der Waals surface area contributed by atoms with E-state index in [9.17, 15) is 4.79 Å². The first-order valence-electron chi connectivity index (χ1n) is 5.05. The molecule has 0 fully saturated rings. The van der Waals surface area contributed by atoms with E-state index in [0.717, 1.165) is 5.56 Å². The van der Waals surface area contributed by atoms with Gasteiger partial charge in [0.2, 0.25) is 0 Å². The van der Waals surface area contributed by atoms with E-state index >= 15 is 0 Å². The lowest BCUT2D eigenvalue weighted by atomic mass is 10.2. The van der Waals surface area contributed by atoms with Crippen molar-refractivity contribution in [2.45, 2.75) is 0 Å². The summed E-state index contributed by atoms with van der Waals surface area (Å²) in [5.74, 6) is -0.218. The smallest absolute Gasteiger partial charge is 0.267 e. The number of nitrogens with zero attached hydrogens (tertiary/aromatic N) is 1. The molecular formula is C14H11NO. The van der Waals surface area contributed by atoms with Crippen LogP contribution in [0, 0.1) is 0 Å². The molecule has 2 rings (SSSR count). The van der Waals surface area contributed by atoms with Gasteiger partial charge in [-0.3, -0.25) is 4.79 Å². The monoisotopic (exact) mass is 209 g/mol. The topological polar surface area (TPSA) is 29.4 Å². The van der Waals surface area contributed by atoms with E-state index in [2.05, 4.69) is 4.99 Å². The van der Waals surface area contributed by atoms with Crippen LogP contribution in [0.3, 0.4) is 0 Å². The van der Waals surface area contributed by atoms with E-state index in [0.29, 0.717) is 5.56 Å². The van der Waals surface area contributed by atoms with Crippen LogP contribution in [0.1, 0.15) is 15.9 Å². The van der Waals surface area contributed by atoms with Crippen molar-refractivity contribution in [1.82, 2.24) is 0 Å². The van der Waals surface area contributed by atoms with Crippen LogP contribution >= 0.6 is 0 Å². The first kappa shape index (κ1) is 10.3. The summed E-state index contributed by atoms with van der Waals surface area (Å²) in [4.78, 5) is 15.5. The minimum atomic E-state index is -0.218. The maximum atomic E-state index is 11.6. The average molecular weight is 209 g/mol. The third-order valence-electron chi connectivity index (χ3n) is 2.15. The molecule has 0 spiro atoms. The second-order valence-electron chi connectivity index (χ2n) is 3.34. The normalized spacial score (nSPS) is 10.5. The van der Waals surface area contributed by atoms with Crippen molar-refractivity contribution in [2.75, 3.05) is 0 Å². The van der Waals surface area contributed by atoms with Crippen LogP contribution in [0.5, 0.6) is 0 Å². The minimum absolute atomic E-state index is 0.218. The van der Waals surface area contributed by atoms with Gasteiger partial charge in [0.25, 0.3) is 5.91 Å². The lowest BCUT2D eigenvalue weighted by Crippen LogP contribution is -1.94. The number of amides is 1. The van der Waals surface area contributed by atoms with Gasteiger partial charge in [-0.2, -0.15) is 0 Å². The maximum absolute atomic E-state index is 11.6. The number of benzene rings is 2. The van der Waals surface area contributed by atoms with Crippen molar-refractivity contribution in [2.24, 2.45) is 4.99 Å². The molecule has 1 amide bonds. The summed E-state index contributed by atoms with van der Waals surface area (Å²) in [6, 6.07) is 18.6. The van der Waals surface area contributed by atoms with Crippen molar-refractivity contribution in [1.29, 1.82) is 0 Å². The number of hydrogen-bond acceptors (Lipinski definition) is 1. The number of hydrogen-bond donors (Lipinski definition) is 0. The van der Waals surface area contributed by atoms with E-state index in [1.54, 1.807) is 18.3 Å². The van der Waals surface area contributed by atoms with Crippen LogP contribution in [-0.2, 0) is 0 Å². The van der Waals surface area contributed by atoms with Crippen LogP contribution in [0.15, 0.2) is 65.7 Å². The quantitative estimate of drug-likeness (QED) is 0.699. The van der Waals surface area contributed by atoms with Gasteiger partial charge < -0.3 is 0 Å². The van der Waals surface area contributed by atoms with Crippen LogP contribution in [0.4, 0.5) is 0 Å². The molecule has 2 aromatic rings. The summed E-state index contributed by atoms with van der Waals surface area (Å²) in [6.45, 7) is 0. The first-order chi connectivity index (χ1) is 7.86. The Morgan fingerprint density at radius 3 is 2.06 bits per heavy atom. The zero-order valence-electron chi connectivity index (χ0n) is 8.71. The van der Waals surface area contributed by atoms with Crippen LogP contribution in [-0.4, -0.2) is 12.1 Å². The molecule has 0 aliphatic heterocycles. The van der Waals surface area contributed by atoms with Gasteiger partial charge >= 0.3 is 0 Å². The van der Waals surface area contributed by atoms with Gasteiger partial charge in [-0.1, -0.05) is 48.5 Å². The molecule has 0 heterocycles. The van der Waals surface area contributed by atoms with Gasteiger partial charge in [-0.15, -0.1) is 0 Å². The van der Waals surface area contributed by atoms with Crippen LogP contribution in [0.25, 0.3) is 0 Å². The fraction of sp³-hybridized carbons (Fsp3) is 0. The third kappa shape index (κ3) is 2.64. The Morgan fingerprint density at radius 2 is 1.44 bits per heavy atom. The first-order valence-corrected chi connectivity index (χ1v) is 5.05. The molecule has 16 heavy (non-hydrogen) atoms. The molecule has 2 heteroatoms. The molecule has 0 aliphatic carbocycles. The molecule has 0 radical (unpaired) electrons. The molecule has 0 aromatic heterocycles. The van der Waals surface area contributed by atoms with Gasteiger partial charge in [-0.25, -0.2) is 4.99 Å². The third-order valence-corrected chi connectivity index (χ3v) is 2.15. The highest BCUT2D eigenvalue weighted by Gasteiger charge is 2.00. The Morgan fingerprint density at radius 1 is 0.875 bits per heavy atom. The molecular weight excluding hydrogens is 198 g/mol. The Kier molecular flexibility index (Phi) is 3.24. The summed E-state index contributed by atoms with van der Waals surface area (Å²) in [7, 11) is 0. The van der Waals surface area contributed by atoms with E-state index < -0.39 is 0 Å². The molecule has 0 N–H and O–H groups in total. The molecule has 78 valence electrons. The zero-order chi connectivity index (χ0) is 11.2. The Bertz CT molecular complexity index is 489. The van der Waals surface area contributed by atoms with Crippen molar-refractivity contribution in [3.8, 4) is 0 Å². The van der Waals surface area contributed by atoms with Gasteiger partial charge in [0.1, 0.15) is 0 Å². The lowest BCUT2D eigenvalue weighted by Gasteiger charge is -1.93. The summed E-state index contributed by atoms with van der Waals surface area (Å²) in [5.41, 5.74) is 1.53. The largest absolute Gasteiger partial charge is 0.276 e. The van der Waals surface area contributed by atoms with Crippen molar-refractivity contribution in [3.63, 3.8) is 0 Å². The Hall–Kier alpha value is -2.22. The highest BCUT2D eigenvalue weighted by Crippen LogP contribution is 2.01. The average Bonchev–Trinajstić information content (AvgIpc) is 2.38. The molecule has 2 nitrogen and oxygen atoms in total. The predicted octanol–water partition coefficient (Wildman–Crippen LogP) is 2.95. The second kappa shape index (κ2) is 5.03. The fourth-order valence-corrected chi connectivity index (χ4v) is 1.33. The van der Waals surface area contributed by atoms with Gasteiger partial charge in [0, 0.05) is 11.8 Å². The van der Waals surface area contributed by atoms with Crippen LogP contribution in [0.2, 0.25) is 0 Å². The summed E-state index contributed by atoms with van der Waals surface area (Å²) < 4.78 is 0. The van der Waals surface area contributed by atoms with Gasteiger partial charge in [-0.05, 0) is 17.7 Å². The van der Waals surface area contributed by atoms with Crippen LogP contribution < -0.4 is 0 Å². The molecule has 0 saturated carbocycles. The fourth-order valence-electron chi connectivity index (χ4n) is 1.33. The van der Waals surface area contributed by atoms with Gasteiger partial charge in [0.15, 0.2) is 0 Å². The minimum Gasteiger partial charge on any atom is -0.267 e.